The molecule has 16 heavy (non-hydrogen) atoms. The number of hydrogen-bond acceptors (Lipinski definition) is 1. The maximum absolute atomic E-state index is 12.6. The highest BCUT2D eigenvalue weighted by atomic mass is 35.5. The second-order valence-electron chi connectivity index (χ2n) is 4.03. The van der Waals surface area contributed by atoms with Crippen molar-refractivity contribution in [1.82, 2.24) is 0 Å². The van der Waals surface area contributed by atoms with Crippen molar-refractivity contribution in [2.24, 2.45) is 5.73 Å². The van der Waals surface area contributed by atoms with Gasteiger partial charge in [-0.25, -0.2) is 0 Å². The van der Waals surface area contributed by atoms with Crippen LogP contribution in [-0.4, -0.2) is 0 Å². The third-order valence-electron chi connectivity index (χ3n) is 2.90. The first-order chi connectivity index (χ1) is 7.39. The molecule has 2 rings (SSSR count). The molecule has 1 aromatic carbocycles. The van der Waals surface area contributed by atoms with Crippen molar-refractivity contribution in [1.29, 1.82) is 0 Å². The summed E-state index contributed by atoms with van der Waals surface area (Å²) in [5, 5.41) is -0.261. The summed E-state index contributed by atoms with van der Waals surface area (Å²) in [5.41, 5.74) is 6.50. The Morgan fingerprint density at radius 3 is 2.62 bits per heavy atom. The standard InChI is InChI=1S/C11H11ClF3N/c12-9-5-7-6(2-1-3-10(7)16)4-8(9)11(13,14)15/h4-5,10H,1-3,16H2. The number of hydrogen-bond donors (Lipinski definition) is 1. The van der Waals surface area contributed by atoms with Crippen molar-refractivity contribution >= 4 is 11.6 Å². The summed E-state index contributed by atoms with van der Waals surface area (Å²) in [5.74, 6) is 0. The van der Waals surface area contributed by atoms with E-state index in [1.807, 2.05) is 0 Å². The second-order valence-corrected chi connectivity index (χ2v) is 4.43. The summed E-state index contributed by atoms with van der Waals surface area (Å²) in [6.45, 7) is 0. The smallest absolute Gasteiger partial charge is 0.324 e. The van der Waals surface area contributed by atoms with Crippen molar-refractivity contribution in [3.05, 3.63) is 33.8 Å². The summed E-state index contributed by atoms with van der Waals surface area (Å²) < 4.78 is 37.8. The van der Waals surface area contributed by atoms with Crippen LogP contribution >= 0.6 is 11.6 Å². The molecule has 1 unspecified atom stereocenters. The van der Waals surface area contributed by atoms with E-state index >= 15 is 0 Å². The Kier molecular flexibility index (Phi) is 2.88. The highest BCUT2D eigenvalue weighted by Gasteiger charge is 2.34. The summed E-state index contributed by atoms with van der Waals surface area (Å²) in [7, 11) is 0. The largest absolute Gasteiger partial charge is 0.417 e. The third kappa shape index (κ3) is 2.04. The molecular formula is C11H11ClF3N. The fourth-order valence-corrected chi connectivity index (χ4v) is 2.36. The topological polar surface area (TPSA) is 26.0 Å². The summed E-state index contributed by atoms with van der Waals surface area (Å²) >= 11 is 5.64. The van der Waals surface area contributed by atoms with Gasteiger partial charge in [-0.1, -0.05) is 11.6 Å². The van der Waals surface area contributed by atoms with E-state index in [1.165, 1.54) is 6.07 Å². The minimum atomic E-state index is -4.40. The second kappa shape index (κ2) is 3.93. The van der Waals surface area contributed by atoms with Gasteiger partial charge < -0.3 is 5.73 Å². The van der Waals surface area contributed by atoms with Gasteiger partial charge in [-0.05, 0) is 42.5 Å². The number of nitrogens with two attached hydrogens (primary N) is 1. The molecule has 0 amide bonds. The molecule has 0 spiro atoms. The molecule has 0 fully saturated rings. The summed E-state index contributed by atoms with van der Waals surface area (Å²) in [6, 6.07) is 2.31. The van der Waals surface area contributed by atoms with Gasteiger partial charge in [0.1, 0.15) is 0 Å². The predicted molar refractivity (Wildman–Crippen MR) is 56.3 cm³/mol. The van der Waals surface area contributed by atoms with Crippen LogP contribution in [0.3, 0.4) is 0 Å². The first-order valence-corrected chi connectivity index (χ1v) is 5.42. The normalized spacial score (nSPS) is 20.7. The van der Waals surface area contributed by atoms with E-state index in [1.54, 1.807) is 0 Å². The van der Waals surface area contributed by atoms with Crippen LogP contribution in [0.25, 0.3) is 0 Å². The van der Waals surface area contributed by atoms with Crippen molar-refractivity contribution in [3.63, 3.8) is 0 Å². The first-order valence-electron chi connectivity index (χ1n) is 5.04. The van der Waals surface area contributed by atoms with Crippen molar-refractivity contribution < 1.29 is 13.2 Å². The maximum atomic E-state index is 12.6. The van der Waals surface area contributed by atoms with Crippen LogP contribution in [0.4, 0.5) is 13.2 Å². The number of halogens is 4. The van der Waals surface area contributed by atoms with Crippen molar-refractivity contribution in [3.8, 4) is 0 Å². The van der Waals surface area contributed by atoms with Gasteiger partial charge in [-0.2, -0.15) is 13.2 Å². The van der Waals surface area contributed by atoms with Crippen LogP contribution in [0.2, 0.25) is 5.02 Å². The van der Waals surface area contributed by atoms with E-state index < -0.39 is 11.7 Å². The third-order valence-corrected chi connectivity index (χ3v) is 3.21. The van der Waals surface area contributed by atoms with E-state index in [4.69, 9.17) is 17.3 Å². The van der Waals surface area contributed by atoms with Crippen LogP contribution in [0.15, 0.2) is 12.1 Å². The Balaban J connectivity index is 2.53. The monoisotopic (exact) mass is 249 g/mol. The number of fused-ring (bicyclic) bond motifs is 1. The maximum Gasteiger partial charge on any atom is 0.417 e. The van der Waals surface area contributed by atoms with Gasteiger partial charge in [0.15, 0.2) is 0 Å². The zero-order valence-corrected chi connectivity index (χ0v) is 9.20. The quantitative estimate of drug-likeness (QED) is 0.746. The molecular weight excluding hydrogens is 239 g/mol. The molecule has 88 valence electrons. The predicted octanol–water partition coefficient (Wildman–Crippen LogP) is 3.69. The Hall–Kier alpha value is -0.740. The van der Waals surface area contributed by atoms with E-state index in [2.05, 4.69) is 0 Å². The van der Waals surface area contributed by atoms with Gasteiger partial charge in [0, 0.05) is 6.04 Å². The summed E-state index contributed by atoms with van der Waals surface area (Å²) in [4.78, 5) is 0. The van der Waals surface area contributed by atoms with Crippen LogP contribution < -0.4 is 5.73 Å². The van der Waals surface area contributed by atoms with Crippen molar-refractivity contribution in [2.45, 2.75) is 31.5 Å². The lowest BCUT2D eigenvalue weighted by Crippen LogP contribution is -2.19. The molecule has 0 saturated carbocycles. The lowest BCUT2D eigenvalue weighted by molar-refractivity contribution is -0.137. The van der Waals surface area contributed by atoms with Crippen LogP contribution in [0.1, 0.15) is 35.6 Å². The van der Waals surface area contributed by atoms with Crippen LogP contribution in [0.5, 0.6) is 0 Å². The minimum absolute atomic E-state index is 0.191. The Morgan fingerprint density at radius 2 is 2.00 bits per heavy atom. The fraction of sp³-hybridized carbons (Fsp3) is 0.455. The molecule has 0 heterocycles. The van der Waals surface area contributed by atoms with E-state index in [-0.39, 0.29) is 11.1 Å². The zero-order chi connectivity index (χ0) is 11.9. The molecule has 0 aromatic heterocycles. The van der Waals surface area contributed by atoms with Gasteiger partial charge in [-0.3, -0.25) is 0 Å². The Morgan fingerprint density at radius 1 is 1.31 bits per heavy atom. The molecule has 2 N–H and O–H groups in total. The Labute approximate surface area is 96.4 Å². The van der Waals surface area contributed by atoms with Crippen molar-refractivity contribution in [2.75, 3.05) is 0 Å². The van der Waals surface area contributed by atoms with E-state index in [0.717, 1.165) is 24.5 Å². The van der Waals surface area contributed by atoms with E-state index in [9.17, 15) is 13.2 Å². The average molecular weight is 250 g/mol. The molecule has 0 aliphatic heterocycles. The molecule has 1 nitrogen and oxygen atoms in total. The fourth-order valence-electron chi connectivity index (χ4n) is 2.08. The van der Waals surface area contributed by atoms with Gasteiger partial charge in [0.05, 0.1) is 10.6 Å². The number of alkyl halides is 3. The van der Waals surface area contributed by atoms with Gasteiger partial charge in [-0.15, -0.1) is 0 Å². The number of rotatable bonds is 0. The first kappa shape index (κ1) is 11.7. The summed E-state index contributed by atoms with van der Waals surface area (Å²) in [6.07, 6.45) is -2.13. The van der Waals surface area contributed by atoms with Gasteiger partial charge >= 0.3 is 6.18 Å². The minimum Gasteiger partial charge on any atom is -0.324 e. The SMILES string of the molecule is NC1CCCc2cc(C(F)(F)F)c(Cl)cc21. The van der Waals surface area contributed by atoms with E-state index in [0.29, 0.717) is 12.0 Å². The highest BCUT2D eigenvalue weighted by molar-refractivity contribution is 6.31. The van der Waals surface area contributed by atoms with Crippen LogP contribution in [-0.2, 0) is 12.6 Å². The van der Waals surface area contributed by atoms with Gasteiger partial charge in [0.25, 0.3) is 0 Å². The lowest BCUT2D eigenvalue weighted by atomic mass is 9.87. The zero-order valence-electron chi connectivity index (χ0n) is 8.44. The molecule has 0 saturated heterocycles. The molecule has 1 atom stereocenters. The molecule has 5 heteroatoms. The number of aryl methyl sites for hydroxylation is 1. The molecule has 0 radical (unpaired) electrons. The average Bonchev–Trinajstić information content (AvgIpc) is 2.17. The number of benzene rings is 1. The lowest BCUT2D eigenvalue weighted by Gasteiger charge is -2.24. The van der Waals surface area contributed by atoms with Crippen LogP contribution in [0, 0.1) is 0 Å². The molecule has 1 aromatic rings. The molecule has 1 aliphatic carbocycles. The molecule has 1 aliphatic rings. The Bertz CT molecular complexity index is 414. The van der Waals surface area contributed by atoms with Gasteiger partial charge in [0.2, 0.25) is 0 Å². The molecule has 0 bridgehead atoms. The highest BCUT2D eigenvalue weighted by Crippen LogP contribution is 2.39.